The van der Waals surface area contributed by atoms with E-state index in [-0.39, 0.29) is 11.9 Å². The third kappa shape index (κ3) is 25.5. The van der Waals surface area contributed by atoms with Crippen LogP contribution in [-0.4, -0.2) is 23.8 Å². The van der Waals surface area contributed by atoms with Crippen molar-refractivity contribution in [2.45, 2.75) is 206 Å². The molecule has 1 rings (SSSR count). The summed E-state index contributed by atoms with van der Waals surface area (Å²) in [6.07, 6.45) is 51.1. The van der Waals surface area contributed by atoms with E-state index < -0.39 is 0 Å². The third-order valence-electron chi connectivity index (χ3n) is 8.91. The van der Waals surface area contributed by atoms with Gasteiger partial charge in [0.2, 0.25) is 0 Å². The van der Waals surface area contributed by atoms with E-state index in [1.807, 2.05) is 0 Å². The largest absolute Gasteiger partial charge is 0.347 e. The Kier molecular flexibility index (Phi) is 29.9. The summed E-state index contributed by atoms with van der Waals surface area (Å²) in [5.41, 5.74) is 0. The second-order valence-corrected chi connectivity index (χ2v) is 13.8. The first-order valence-corrected chi connectivity index (χ1v) is 20.2. The monoisotopic (exact) mass is 664 g/mol. The highest BCUT2D eigenvalue weighted by Crippen LogP contribution is 2.35. The third-order valence-corrected chi connectivity index (χ3v) is 9.64. The second-order valence-electron chi connectivity index (χ2n) is 13.1. The van der Waals surface area contributed by atoms with Crippen LogP contribution in [0.2, 0.25) is 0 Å². The molecule has 0 N–H and O–H groups in total. The summed E-state index contributed by atoms with van der Waals surface area (Å²) in [5.74, 6) is -0.307. The summed E-state index contributed by atoms with van der Waals surface area (Å²) >= 11 is 3.61. The van der Waals surface area contributed by atoms with Gasteiger partial charge < -0.3 is 9.47 Å². The molecule has 1 aliphatic heterocycles. The smallest absolute Gasteiger partial charge is 0.168 e. The summed E-state index contributed by atoms with van der Waals surface area (Å²) < 4.78 is 12.8. The molecule has 0 saturated carbocycles. The normalized spacial score (nSPS) is 19.2. The molecular weight excluding hydrogens is 592 g/mol. The Hall–Kier alpha value is -0.380. The van der Waals surface area contributed by atoms with Crippen molar-refractivity contribution < 1.29 is 9.47 Å². The van der Waals surface area contributed by atoms with Crippen molar-refractivity contribution >= 4 is 15.9 Å². The van der Waals surface area contributed by atoms with Gasteiger partial charge in [-0.3, -0.25) is 0 Å². The lowest BCUT2D eigenvalue weighted by molar-refractivity contribution is -0.177. The molecular formula is C40H73BrO2. The molecule has 2 unspecified atom stereocenters. The zero-order valence-corrected chi connectivity index (χ0v) is 30.5. The number of ether oxygens (including phenoxy) is 2. The Balaban J connectivity index is 2.01. The van der Waals surface area contributed by atoms with E-state index in [0.717, 1.165) is 31.2 Å². The second kappa shape index (κ2) is 31.6. The van der Waals surface area contributed by atoms with E-state index >= 15 is 0 Å². The fourth-order valence-corrected chi connectivity index (χ4v) is 6.42. The molecule has 1 aliphatic rings. The van der Waals surface area contributed by atoms with E-state index in [0.29, 0.717) is 0 Å². The maximum Gasteiger partial charge on any atom is 0.168 e. The fraction of sp³-hybridized carbons (Fsp3) is 0.850. The predicted octanol–water partition coefficient (Wildman–Crippen LogP) is 14.1. The van der Waals surface area contributed by atoms with Crippen LogP contribution >= 0.6 is 15.9 Å². The van der Waals surface area contributed by atoms with Crippen LogP contribution < -0.4 is 0 Å². The summed E-state index contributed by atoms with van der Waals surface area (Å²) in [5, 5.41) is 0.883. The van der Waals surface area contributed by atoms with Gasteiger partial charge in [0.15, 0.2) is 5.79 Å². The highest BCUT2D eigenvalue weighted by atomic mass is 79.9. The number of rotatable bonds is 32. The number of hydrogen-bond acceptors (Lipinski definition) is 2. The van der Waals surface area contributed by atoms with Crippen LogP contribution in [0.1, 0.15) is 194 Å². The zero-order chi connectivity index (χ0) is 30.9. The molecule has 1 fully saturated rings. The van der Waals surface area contributed by atoms with Crippen molar-refractivity contribution in [2.24, 2.45) is 0 Å². The minimum absolute atomic E-state index is 0.223. The summed E-state index contributed by atoms with van der Waals surface area (Å²) in [6.45, 7) is 5.30. The molecule has 0 aromatic rings. The van der Waals surface area contributed by atoms with Crippen molar-refractivity contribution in [2.75, 3.05) is 11.9 Å². The number of allylic oxidation sites excluding steroid dienone is 6. The van der Waals surface area contributed by atoms with Gasteiger partial charge in [0.1, 0.15) is 0 Å². The van der Waals surface area contributed by atoms with Crippen LogP contribution in [0.4, 0.5) is 0 Å². The minimum atomic E-state index is -0.307. The zero-order valence-electron chi connectivity index (χ0n) is 28.9. The van der Waals surface area contributed by atoms with Crippen LogP contribution in [0.15, 0.2) is 36.5 Å². The summed E-state index contributed by atoms with van der Waals surface area (Å²) in [6, 6.07) is 0. The summed E-state index contributed by atoms with van der Waals surface area (Å²) in [7, 11) is 0. The van der Waals surface area contributed by atoms with Crippen molar-refractivity contribution in [3.8, 4) is 0 Å². The van der Waals surface area contributed by atoms with Crippen molar-refractivity contribution in [1.82, 2.24) is 0 Å². The molecule has 0 aromatic heterocycles. The average molecular weight is 666 g/mol. The maximum absolute atomic E-state index is 6.46. The lowest BCUT2D eigenvalue weighted by Gasteiger charge is -2.28. The number of halogens is 1. The average Bonchev–Trinajstić information content (AvgIpc) is 3.44. The van der Waals surface area contributed by atoms with Gasteiger partial charge in [-0.15, -0.1) is 0 Å². The molecule has 0 bridgehead atoms. The first-order chi connectivity index (χ1) is 21.3. The Bertz CT molecular complexity index is 657. The van der Waals surface area contributed by atoms with Crippen molar-refractivity contribution in [1.29, 1.82) is 0 Å². The summed E-state index contributed by atoms with van der Waals surface area (Å²) in [4.78, 5) is 0. The SMILES string of the molecule is CCCCCC=CCC=CCCCCCCCCC1(CCCCCCCCCCCC=CCCCCC)OCC(CBr)O1. The Morgan fingerprint density at radius 2 is 0.884 bits per heavy atom. The Morgan fingerprint density at radius 3 is 1.28 bits per heavy atom. The molecule has 0 aromatic carbocycles. The van der Waals surface area contributed by atoms with Gasteiger partial charge >= 0.3 is 0 Å². The Labute approximate surface area is 278 Å². The predicted molar refractivity (Wildman–Crippen MR) is 195 cm³/mol. The minimum Gasteiger partial charge on any atom is -0.347 e. The van der Waals surface area contributed by atoms with Gasteiger partial charge in [-0.1, -0.05) is 163 Å². The number of alkyl halides is 1. The lowest BCUT2D eigenvalue weighted by Crippen LogP contribution is -2.31. The highest BCUT2D eigenvalue weighted by Gasteiger charge is 2.39. The molecule has 0 spiro atoms. The van der Waals surface area contributed by atoms with E-state index in [1.54, 1.807) is 0 Å². The molecule has 0 amide bonds. The van der Waals surface area contributed by atoms with E-state index in [1.165, 1.54) is 161 Å². The molecule has 1 saturated heterocycles. The highest BCUT2D eigenvalue weighted by molar-refractivity contribution is 9.09. The van der Waals surface area contributed by atoms with Gasteiger partial charge in [-0.2, -0.15) is 0 Å². The van der Waals surface area contributed by atoms with Crippen LogP contribution in [0.3, 0.4) is 0 Å². The van der Waals surface area contributed by atoms with Gasteiger partial charge in [0.05, 0.1) is 12.7 Å². The molecule has 2 nitrogen and oxygen atoms in total. The van der Waals surface area contributed by atoms with Crippen molar-refractivity contribution in [3.63, 3.8) is 0 Å². The van der Waals surface area contributed by atoms with Crippen LogP contribution in [-0.2, 0) is 9.47 Å². The molecule has 0 radical (unpaired) electrons. The molecule has 252 valence electrons. The van der Waals surface area contributed by atoms with Crippen LogP contribution in [0.25, 0.3) is 0 Å². The number of unbranched alkanes of at least 4 members (excludes halogenated alkanes) is 21. The van der Waals surface area contributed by atoms with E-state index in [9.17, 15) is 0 Å². The van der Waals surface area contributed by atoms with Crippen LogP contribution in [0.5, 0.6) is 0 Å². The van der Waals surface area contributed by atoms with Gasteiger partial charge in [0, 0.05) is 18.2 Å². The lowest BCUT2D eigenvalue weighted by atomic mass is 9.98. The molecule has 0 aliphatic carbocycles. The first kappa shape index (κ1) is 40.6. The quantitative estimate of drug-likeness (QED) is 0.0404. The fourth-order valence-electron chi connectivity index (χ4n) is 6.10. The van der Waals surface area contributed by atoms with Crippen LogP contribution in [0, 0.1) is 0 Å². The standard InChI is InChI=1S/C40H73BrO2/c1-3-5-7-9-11-13-15-17-19-21-23-25-27-29-31-33-35-40(42-38-39(37-41)43-40)36-34-32-30-28-26-24-22-20-18-16-14-12-10-8-6-4-2/h11-14,17,19,39H,3-10,15-16,18,20-38H2,1-2H3. The van der Waals surface area contributed by atoms with E-state index in [2.05, 4.69) is 66.2 Å². The number of hydrogen-bond donors (Lipinski definition) is 0. The van der Waals surface area contributed by atoms with Gasteiger partial charge in [0.25, 0.3) is 0 Å². The molecule has 43 heavy (non-hydrogen) atoms. The molecule has 3 heteroatoms. The van der Waals surface area contributed by atoms with Gasteiger partial charge in [-0.05, 0) is 70.6 Å². The topological polar surface area (TPSA) is 18.5 Å². The molecule has 2 atom stereocenters. The molecule has 1 heterocycles. The van der Waals surface area contributed by atoms with Crippen molar-refractivity contribution in [3.05, 3.63) is 36.5 Å². The Morgan fingerprint density at radius 1 is 0.512 bits per heavy atom. The first-order valence-electron chi connectivity index (χ1n) is 19.1. The van der Waals surface area contributed by atoms with E-state index in [4.69, 9.17) is 9.47 Å². The maximum atomic E-state index is 6.46. The van der Waals surface area contributed by atoms with Gasteiger partial charge in [-0.25, -0.2) is 0 Å².